The van der Waals surface area contributed by atoms with Crippen LogP contribution in [0.1, 0.15) is 56.9 Å². The fraction of sp³-hybridized carbons (Fsp3) is 0.474. The molecule has 0 bridgehead atoms. The third-order valence-corrected chi connectivity index (χ3v) is 4.12. The van der Waals surface area contributed by atoms with Crippen molar-refractivity contribution in [1.29, 1.82) is 0 Å². The molecule has 0 saturated heterocycles. The lowest BCUT2D eigenvalue weighted by molar-refractivity contribution is 0.279. The third kappa shape index (κ3) is 4.14. The van der Waals surface area contributed by atoms with Gasteiger partial charge in [0.25, 0.3) is 0 Å². The van der Waals surface area contributed by atoms with Crippen LogP contribution >= 0.6 is 0 Å². The second-order valence-electron chi connectivity index (χ2n) is 6.01. The standard InChI is InChI=1S/C19H24O3/c20-14-15-11-18(21-16-7-3-1-4-8-16)13-19(12-15)22-17-9-5-2-6-10-17/h7,9,11-13,20H,1-6,8,10,14H2. The zero-order valence-electron chi connectivity index (χ0n) is 13.0. The molecule has 2 aliphatic rings. The molecule has 0 spiro atoms. The van der Waals surface area contributed by atoms with Gasteiger partial charge in [-0.05, 0) is 68.4 Å². The van der Waals surface area contributed by atoms with Crippen molar-refractivity contribution in [1.82, 2.24) is 0 Å². The van der Waals surface area contributed by atoms with Crippen molar-refractivity contribution in [2.75, 3.05) is 0 Å². The van der Waals surface area contributed by atoms with Crippen LogP contribution in [0.5, 0.6) is 11.5 Å². The molecule has 1 N–H and O–H groups in total. The largest absolute Gasteiger partial charge is 0.462 e. The minimum Gasteiger partial charge on any atom is -0.462 e. The van der Waals surface area contributed by atoms with E-state index in [1.807, 2.05) is 18.2 Å². The van der Waals surface area contributed by atoms with E-state index in [0.29, 0.717) is 0 Å². The van der Waals surface area contributed by atoms with Gasteiger partial charge in [-0.3, -0.25) is 0 Å². The average molecular weight is 300 g/mol. The second kappa shape index (κ2) is 7.50. The Morgan fingerprint density at radius 2 is 1.32 bits per heavy atom. The van der Waals surface area contributed by atoms with Crippen LogP contribution in [0.4, 0.5) is 0 Å². The van der Waals surface area contributed by atoms with Gasteiger partial charge >= 0.3 is 0 Å². The van der Waals surface area contributed by atoms with E-state index in [-0.39, 0.29) is 6.61 Å². The van der Waals surface area contributed by atoms with Crippen molar-refractivity contribution in [2.45, 2.75) is 58.0 Å². The Morgan fingerprint density at radius 3 is 1.73 bits per heavy atom. The fourth-order valence-electron chi connectivity index (χ4n) is 2.95. The van der Waals surface area contributed by atoms with Gasteiger partial charge in [0.1, 0.15) is 23.0 Å². The molecule has 0 heterocycles. The van der Waals surface area contributed by atoms with E-state index in [1.165, 1.54) is 25.7 Å². The Hall–Kier alpha value is -1.74. The summed E-state index contributed by atoms with van der Waals surface area (Å²) in [5.74, 6) is 3.57. The van der Waals surface area contributed by atoms with Crippen LogP contribution in [-0.2, 0) is 6.61 Å². The van der Waals surface area contributed by atoms with Crippen molar-refractivity contribution in [2.24, 2.45) is 0 Å². The Labute approximate surface area is 132 Å². The first-order valence-electron chi connectivity index (χ1n) is 8.32. The maximum absolute atomic E-state index is 9.46. The normalized spacial score (nSPS) is 18.4. The molecule has 22 heavy (non-hydrogen) atoms. The SMILES string of the molecule is OCc1cc(OC2=CCCCC2)cc(OC2=CCCCC2)c1. The van der Waals surface area contributed by atoms with Crippen molar-refractivity contribution >= 4 is 0 Å². The van der Waals surface area contributed by atoms with Crippen LogP contribution in [0, 0.1) is 0 Å². The molecule has 3 rings (SSSR count). The topological polar surface area (TPSA) is 38.7 Å². The first-order valence-corrected chi connectivity index (χ1v) is 8.32. The first-order chi connectivity index (χ1) is 10.8. The molecule has 0 unspecified atom stereocenters. The van der Waals surface area contributed by atoms with Gasteiger partial charge in [-0.1, -0.05) is 0 Å². The lowest BCUT2D eigenvalue weighted by Crippen LogP contribution is -2.03. The number of benzene rings is 1. The van der Waals surface area contributed by atoms with Gasteiger partial charge in [-0.25, -0.2) is 0 Å². The summed E-state index contributed by atoms with van der Waals surface area (Å²) in [6.45, 7) is -0.00828. The Morgan fingerprint density at radius 1 is 0.773 bits per heavy atom. The van der Waals surface area contributed by atoms with Gasteiger partial charge in [-0.2, -0.15) is 0 Å². The van der Waals surface area contributed by atoms with Crippen LogP contribution in [0.2, 0.25) is 0 Å². The molecule has 0 amide bonds. The summed E-state index contributed by atoms with van der Waals surface area (Å²) in [4.78, 5) is 0. The zero-order chi connectivity index (χ0) is 15.2. The summed E-state index contributed by atoms with van der Waals surface area (Å²) < 4.78 is 12.0. The highest BCUT2D eigenvalue weighted by Crippen LogP contribution is 2.30. The quantitative estimate of drug-likeness (QED) is 0.844. The molecule has 2 aliphatic carbocycles. The molecular formula is C19H24O3. The molecule has 118 valence electrons. The smallest absolute Gasteiger partial charge is 0.130 e. The predicted octanol–water partition coefficient (Wildman–Crippen LogP) is 4.85. The summed E-state index contributed by atoms with van der Waals surface area (Å²) in [7, 11) is 0. The number of ether oxygens (including phenoxy) is 2. The molecule has 0 aromatic heterocycles. The van der Waals surface area contributed by atoms with Gasteiger partial charge in [0.15, 0.2) is 0 Å². The van der Waals surface area contributed by atoms with Crippen LogP contribution in [0.15, 0.2) is 41.9 Å². The maximum atomic E-state index is 9.46. The third-order valence-electron chi connectivity index (χ3n) is 4.12. The molecule has 1 aromatic rings. The van der Waals surface area contributed by atoms with Crippen LogP contribution in [0.3, 0.4) is 0 Å². The van der Waals surface area contributed by atoms with E-state index >= 15 is 0 Å². The number of aliphatic hydroxyl groups excluding tert-OH is 1. The Kier molecular flexibility index (Phi) is 5.17. The van der Waals surface area contributed by atoms with Crippen LogP contribution < -0.4 is 9.47 Å². The zero-order valence-corrected chi connectivity index (χ0v) is 13.0. The van der Waals surface area contributed by atoms with E-state index in [9.17, 15) is 5.11 Å². The maximum Gasteiger partial charge on any atom is 0.130 e. The average Bonchev–Trinajstić information content (AvgIpc) is 2.56. The van der Waals surface area contributed by atoms with E-state index < -0.39 is 0 Å². The minimum absolute atomic E-state index is 0.00828. The summed E-state index contributed by atoms with van der Waals surface area (Å²) in [5, 5.41) is 9.46. The lowest BCUT2D eigenvalue weighted by atomic mass is 10.1. The molecule has 0 radical (unpaired) electrons. The van der Waals surface area contributed by atoms with E-state index in [0.717, 1.165) is 54.3 Å². The van der Waals surface area contributed by atoms with Gasteiger partial charge in [0.05, 0.1) is 6.61 Å². The number of hydrogen-bond donors (Lipinski definition) is 1. The van der Waals surface area contributed by atoms with Crippen molar-refractivity contribution in [3.63, 3.8) is 0 Å². The Balaban J connectivity index is 1.76. The van der Waals surface area contributed by atoms with E-state index in [4.69, 9.17) is 9.47 Å². The fourth-order valence-corrected chi connectivity index (χ4v) is 2.95. The van der Waals surface area contributed by atoms with E-state index in [1.54, 1.807) is 0 Å². The van der Waals surface area contributed by atoms with Crippen LogP contribution in [0.25, 0.3) is 0 Å². The van der Waals surface area contributed by atoms with Crippen molar-refractivity contribution < 1.29 is 14.6 Å². The highest BCUT2D eigenvalue weighted by molar-refractivity contribution is 5.40. The molecule has 3 heteroatoms. The van der Waals surface area contributed by atoms with Crippen molar-refractivity contribution in [3.05, 3.63) is 47.4 Å². The number of aliphatic hydroxyl groups is 1. The molecule has 0 atom stereocenters. The summed E-state index contributed by atoms with van der Waals surface area (Å²) >= 11 is 0. The summed E-state index contributed by atoms with van der Waals surface area (Å²) in [6.07, 6.45) is 13.3. The molecule has 1 aromatic carbocycles. The van der Waals surface area contributed by atoms with Gasteiger partial charge in [0, 0.05) is 18.9 Å². The number of hydrogen-bond acceptors (Lipinski definition) is 3. The van der Waals surface area contributed by atoms with Gasteiger partial charge in [0.2, 0.25) is 0 Å². The van der Waals surface area contributed by atoms with Gasteiger partial charge < -0.3 is 14.6 Å². The number of rotatable bonds is 5. The van der Waals surface area contributed by atoms with E-state index in [2.05, 4.69) is 12.2 Å². The van der Waals surface area contributed by atoms with Crippen molar-refractivity contribution in [3.8, 4) is 11.5 Å². The first kappa shape index (κ1) is 15.2. The monoisotopic (exact) mass is 300 g/mol. The number of allylic oxidation sites excluding steroid dienone is 4. The molecular weight excluding hydrogens is 276 g/mol. The van der Waals surface area contributed by atoms with Crippen LogP contribution in [-0.4, -0.2) is 5.11 Å². The highest BCUT2D eigenvalue weighted by Gasteiger charge is 2.11. The Bertz CT molecular complexity index is 526. The molecule has 0 aliphatic heterocycles. The second-order valence-corrected chi connectivity index (χ2v) is 6.01. The summed E-state index contributed by atoms with van der Waals surface area (Å²) in [5.41, 5.74) is 0.820. The van der Waals surface area contributed by atoms with Gasteiger partial charge in [-0.15, -0.1) is 0 Å². The molecule has 3 nitrogen and oxygen atoms in total. The summed E-state index contributed by atoms with van der Waals surface area (Å²) in [6, 6.07) is 5.69. The molecule has 0 saturated carbocycles. The predicted molar refractivity (Wildman–Crippen MR) is 86.7 cm³/mol. The highest BCUT2D eigenvalue weighted by atomic mass is 16.5. The molecule has 0 fully saturated rings. The minimum atomic E-state index is -0.00828. The lowest BCUT2D eigenvalue weighted by Gasteiger charge is -2.17.